The molecule has 1 saturated carbocycles. The molecule has 3 heterocycles. The number of aliphatic carboxylic acids is 1. The van der Waals surface area contributed by atoms with Crippen LogP contribution in [0.3, 0.4) is 0 Å². The molecule has 3 aliphatic rings. The Labute approximate surface area is 152 Å². The van der Waals surface area contributed by atoms with Crippen molar-refractivity contribution in [1.29, 1.82) is 0 Å². The maximum absolute atomic E-state index is 12.5. The smallest absolute Gasteiger partial charge is 0.235 e. The molecule has 1 amide bonds. The number of carboxylic acids is 1. The van der Waals surface area contributed by atoms with Gasteiger partial charge in [-0.1, -0.05) is 12.5 Å². The molecule has 1 aromatic heterocycles. The number of carbonyl (C=O) groups is 2. The number of nitrogens with zero attached hydrogens (tertiary/aromatic N) is 2. The van der Waals surface area contributed by atoms with Gasteiger partial charge in [-0.2, -0.15) is 0 Å². The van der Waals surface area contributed by atoms with Crippen LogP contribution < -0.4 is 9.67 Å². The molecule has 1 N–H and O–H groups in total. The predicted octanol–water partition coefficient (Wildman–Crippen LogP) is 0.00590. The lowest BCUT2D eigenvalue weighted by Crippen LogP contribution is -2.64. The van der Waals surface area contributed by atoms with Gasteiger partial charge in [-0.15, -0.1) is 0 Å². The second-order valence-electron chi connectivity index (χ2n) is 7.69. The zero-order valence-electron chi connectivity index (χ0n) is 14.9. The molecule has 1 saturated heterocycles. The van der Waals surface area contributed by atoms with Crippen LogP contribution in [0.4, 0.5) is 0 Å². The number of rotatable bonds is 5. The van der Waals surface area contributed by atoms with E-state index < -0.39 is 18.0 Å². The lowest BCUT2D eigenvalue weighted by molar-refractivity contribution is -0.698. The summed E-state index contributed by atoms with van der Waals surface area (Å²) in [4.78, 5) is 25.7. The summed E-state index contributed by atoms with van der Waals surface area (Å²) in [5.41, 5.74) is 0.971. The minimum absolute atomic E-state index is 0.0414. The van der Waals surface area contributed by atoms with E-state index in [0.29, 0.717) is 0 Å². The molecule has 6 nitrogen and oxygen atoms in total. The molecule has 138 valence electrons. The van der Waals surface area contributed by atoms with Gasteiger partial charge in [-0.3, -0.25) is 4.79 Å². The van der Waals surface area contributed by atoms with Crippen LogP contribution in [0.25, 0.3) is 0 Å². The topological polar surface area (TPSA) is 84.5 Å². The summed E-state index contributed by atoms with van der Waals surface area (Å²) in [7, 11) is 0. The van der Waals surface area contributed by atoms with Crippen LogP contribution in [0.1, 0.15) is 32.6 Å². The molecular weight excluding hydrogens is 332 g/mol. The first kappa shape index (κ1) is 17.2. The van der Waals surface area contributed by atoms with E-state index in [-0.39, 0.29) is 29.5 Å². The van der Waals surface area contributed by atoms with E-state index in [1.807, 2.05) is 30.6 Å². The van der Waals surface area contributed by atoms with Crippen molar-refractivity contribution in [2.75, 3.05) is 0 Å². The second kappa shape index (κ2) is 6.50. The molecule has 26 heavy (non-hydrogen) atoms. The lowest BCUT2D eigenvalue weighted by Gasteiger charge is -2.48. The number of hydrogen-bond donors (Lipinski definition) is 1. The number of carbonyl (C=O) groups excluding carboxylic acids is 2. The molecule has 0 radical (unpaired) electrons. The van der Waals surface area contributed by atoms with E-state index in [1.165, 1.54) is 4.90 Å². The number of aromatic nitrogens is 1. The van der Waals surface area contributed by atoms with Crippen molar-refractivity contribution >= 4 is 11.9 Å². The quantitative estimate of drug-likeness (QED) is 0.595. The highest BCUT2D eigenvalue weighted by molar-refractivity contribution is 5.99. The standard InChI is InChI=1S/C20H24N2O4/c1-12(23)15-17-14-7-5-6-13(8-11-21-9-3-2-4-10-21)16(14)18(20(25)26)22(17)19(15)24/h2-4,9-10,12-15,17,23H,5-8,11H2,1H3/t12-,13+,14-,15-,17-/m1/s1. The Morgan fingerprint density at radius 1 is 1.35 bits per heavy atom. The average Bonchev–Trinajstić information content (AvgIpc) is 2.92. The zero-order valence-corrected chi connectivity index (χ0v) is 14.9. The monoisotopic (exact) mass is 356 g/mol. The van der Waals surface area contributed by atoms with Crippen LogP contribution >= 0.6 is 0 Å². The number of amides is 1. The van der Waals surface area contributed by atoms with Gasteiger partial charge in [-0.05, 0) is 31.3 Å². The first-order valence-corrected chi connectivity index (χ1v) is 9.41. The van der Waals surface area contributed by atoms with Gasteiger partial charge in [-0.25, -0.2) is 4.57 Å². The van der Waals surface area contributed by atoms with Gasteiger partial charge in [0, 0.05) is 24.5 Å². The SMILES string of the molecule is C[C@@H](O)[C@H]1C(=O)N2C(C(=O)[O-])=C3[C@H](CC[n+]4ccccc4)CCC[C@H]3[C@H]12. The Morgan fingerprint density at radius 2 is 2.08 bits per heavy atom. The van der Waals surface area contributed by atoms with E-state index >= 15 is 0 Å². The van der Waals surface area contributed by atoms with Crippen LogP contribution in [0.15, 0.2) is 41.9 Å². The summed E-state index contributed by atoms with van der Waals surface area (Å²) >= 11 is 0. The summed E-state index contributed by atoms with van der Waals surface area (Å²) in [6.07, 6.45) is 6.91. The molecule has 4 rings (SSSR count). The number of fused-ring (bicyclic) bond motifs is 3. The minimum Gasteiger partial charge on any atom is -0.543 e. The third-order valence-electron chi connectivity index (χ3n) is 6.25. The van der Waals surface area contributed by atoms with Gasteiger partial charge in [0.2, 0.25) is 5.91 Å². The van der Waals surface area contributed by atoms with Gasteiger partial charge in [0.25, 0.3) is 0 Å². The van der Waals surface area contributed by atoms with Crippen molar-refractivity contribution in [3.8, 4) is 0 Å². The van der Waals surface area contributed by atoms with Crippen LogP contribution in [0, 0.1) is 17.8 Å². The summed E-state index contributed by atoms with van der Waals surface area (Å²) < 4.78 is 2.09. The molecular formula is C20H24N2O4. The van der Waals surface area contributed by atoms with Crippen LogP contribution in [-0.4, -0.2) is 34.0 Å². The fourth-order valence-electron chi connectivity index (χ4n) is 5.18. The van der Waals surface area contributed by atoms with E-state index in [4.69, 9.17) is 0 Å². The Kier molecular flexibility index (Phi) is 4.31. The van der Waals surface area contributed by atoms with Crippen LogP contribution in [0.5, 0.6) is 0 Å². The molecule has 0 unspecified atom stereocenters. The average molecular weight is 356 g/mol. The van der Waals surface area contributed by atoms with Crippen molar-refractivity contribution in [2.24, 2.45) is 17.8 Å². The van der Waals surface area contributed by atoms with E-state index in [2.05, 4.69) is 4.57 Å². The highest BCUT2D eigenvalue weighted by atomic mass is 16.4. The molecule has 2 aliphatic heterocycles. The highest BCUT2D eigenvalue weighted by Gasteiger charge is 2.60. The van der Waals surface area contributed by atoms with E-state index in [0.717, 1.165) is 37.8 Å². The third kappa shape index (κ3) is 2.55. The van der Waals surface area contributed by atoms with Crippen molar-refractivity contribution in [3.05, 3.63) is 41.9 Å². The molecule has 2 fully saturated rings. The van der Waals surface area contributed by atoms with Crippen LogP contribution in [-0.2, 0) is 16.1 Å². The van der Waals surface area contributed by atoms with Crippen LogP contribution in [0.2, 0.25) is 0 Å². The van der Waals surface area contributed by atoms with Crippen molar-refractivity contribution in [3.63, 3.8) is 0 Å². The number of hydrogen-bond acceptors (Lipinski definition) is 4. The molecule has 5 atom stereocenters. The number of β-lactam (4-membered cyclic amide) rings is 1. The number of pyridine rings is 1. The summed E-state index contributed by atoms with van der Waals surface area (Å²) in [6, 6.07) is 5.71. The second-order valence-corrected chi connectivity index (χ2v) is 7.69. The van der Waals surface area contributed by atoms with Crippen molar-refractivity contribution in [2.45, 2.75) is 51.3 Å². The number of aryl methyl sites for hydroxylation is 1. The zero-order chi connectivity index (χ0) is 18.4. The van der Waals surface area contributed by atoms with Crippen molar-refractivity contribution < 1.29 is 24.4 Å². The largest absolute Gasteiger partial charge is 0.543 e. The van der Waals surface area contributed by atoms with E-state index in [1.54, 1.807) is 6.92 Å². The highest BCUT2D eigenvalue weighted by Crippen LogP contribution is 2.54. The first-order chi connectivity index (χ1) is 12.5. The molecule has 1 aromatic rings. The Bertz CT molecular complexity index is 758. The molecule has 6 heteroatoms. The fourth-order valence-corrected chi connectivity index (χ4v) is 5.18. The molecule has 0 spiro atoms. The third-order valence-corrected chi connectivity index (χ3v) is 6.25. The first-order valence-electron chi connectivity index (χ1n) is 9.41. The number of carboxylic acid groups (broad SMARTS) is 1. The Morgan fingerprint density at radius 3 is 2.73 bits per heavy atom. The van der Waals surface area contributed by atoms with E-state index in [9.17, 15) is 19.8 Å². The lowest BCUT2D eigenvalue weighted by atomic mass is 9.69. The summed E-state index contributed by atoms with van der Waals surface area (Å²) in [5, 5.41) is 21.8. The maximum Gasteiger partial charge on any atom is 0.235 e. The van der Waals surface area contributed by atoms with Crippen molar-refractivity contribution in [1.82, 2.24) is 4.90 Å². The van der Waals surface area contributed by atoms with Gasteiger partial charge < -0.3 is 19.9 Å². The van der Waals surface area contributed by atoms with Gasteiger partial charge in [0.05, 0.1) is 29.7 Å². The Hall–Kier alpha value is -2.21. The summed E-state index contributed by atoms with van der Waals surface area (Å²) in [6.45, 7) is 2.42. The molecule has 1 aliphatic carbocycles. The van der Waals surface area contributed by atoms with Gasteiger partial charge >= 0.3 is 0 Å². The molecule has 0 aromatic carbocycles. The number of aliphatic hydroxyl groups excluding tert-OH is 1. The molecule has 0 bridgehead atoms. The maximum atomic E-state index is 12.5. The van der Waals surface area contributed by atoms with Gasteiger partial charge in [0.1, 0.15) is 6.54 Å². The normalized spacial score (nSPS) is 31.3. The predicted molar refractivity (Wildman–Crippen MR) is 89.9 cm³/mol. The van der Waals surface area contributed by atoms with Gasteiger partial charge in [0.15, 0.2) is 12.4 Å². The summed E-state index contributed by atoms with van der Waals surface area (Å²) in [5.74, 6) is -1.84. The minimum atomic E-state index is -1.26. The number of aliphatic hydroxyl groups is 1. The Balaban J connectivity index is 1.62. The fraction of sp³-hybridized carbons (Fsp3) is 0.550.